The minimum atomic E-state index is -0.0603. The van der Waals surface area contributed by atoms with E-state index in [1.165, 1.54) is 0 Å². The molecular weight excluding hydrogens is 248 g/mol. The van der Waals surface area contributed by atoms with Crippen LogP contribution in [0.2, 0.25) is 5.02 Å². The van der Waals surface area contributed by atoms with E-state index in [1.807, 2.05) is 31.2 Å². The third-order valence-electron chi connectivity index (χ3n) is 2.57. The van der Waals surface area contributed by atoms with Crippen molar-refractivity contribution in [1.29, 1.82) is 0 Å². The van der Waals surface area contributed by atoms with Crippen LogP contribution in [0.15, 0.2) is 48.5 Å². The van der Waals surface area contributed by atoms with E-state index in [9.17, 15) is 4.79 Å². The monoisotopic (exact) mass is 260 g/mol. The van der Waals surface area contributed by atoms with Crippen molar-refractivity contribution < 1.29 is 9.53 Å². The van der Waals surface area contributed by atoms with Gasteiger partial charge in [0, 0.05) is 5.56 Å². The summed E-state index contributed by atoms with van der Waals surface area (Å²) >= 11 is 5.94. The summed E-state index contributed by atoms with van der Waals surface area (Å²) in [4.78, 5) is 11.9. The number of benzene rings is 2. The molecule has 0 saturated heterocycles. The fourth-order valence-electron chi connectivity index (χ4n) is 1.53. The van der Waals surface area contributed by atoms with Gasteiger partial charge in [-0.15, -0.1) is 0 Å². The molecule has 2 aromatic carbocycles. The first-order valence-corrected chi connectivity index (χ1v) is 6.02. The van der Waals surface area contributed by atoms with Gasteiger partial charge < -0.3 is 4.74 Å². The molecule has 0 aromatic heterocycles. The lowest BCUT2D eigenvalue weighted by Crippen LogP contribution is -2.11. The zero-order chi connectivity index (χ0) is 13.0. The van der Waals surface area contributed by atoms with E-state index in [-0.39, 0.29) is 12.4 Å². The van der Waals surface area contributed by atoms with Gasteiger partial charge in [0.1, 0.15) is 5.75 Å². The maximum atomic E-state index is 11.9. The molecule has 18 heavy (non-hydrogen) atoms. The molecule has 3 heteroatoms. The second-order valence-corrected chi connectivity index (χ2v) is 4.42. The Bertz CT molecular complexity index is 547. The lowest BCUT2D eigenvalue weighted by Gasteiger charge is -2.07. The molecule has 0 fully saturated rings. The summed E-state index contributed by atoms with van der Waals surface area (Å²) in [6.45, 7) is 1.97. The van der Waals surface area contributed by atoms with Gasteiger partial charge in [0.15, 0.2) is 12.4 Å². The Hall–Kier alpha value is -1.80. The molecule has 0 amide bonds. The summed E-state index contributed by atoms with van der Waals surface area (Å²) in [5.74, 6) is 0.467. The van der Waals surface area contributed by atoms with Crippen molar-refractivity contribution >= 4 is 17.4 Å². The molecule has 0 saturated carbocycles. The van der Waals surface area contributed by atoms with E-state index in [4.69, 9.17) is 16.3 Å². The molecule has 2 nitrogen and oxygen atoms in total. The van der Waals surface area contributed by atoms with Gasteiger partial charge in [0.25, 0.3) is 0 Å². The number of carbonyl (C=O) groups excluding carboxylic acids is 1. The summed E-state index contributed by atoms with van der Waals surface area (Å²) in [6.07, 6.45) is 0. The van der Waals surface area contributed by atoms with Gasteiger partial charge in [0.2, 0.25) is 0 Å². The maximum absolute atomic E-state index is 11.9. The Balaban J connectivity index is 2.01. The smallest absolute Gasteiger partial charge is 0.200 e. The summed E-state index contributed by atoms with van der Waals surface area (Å²) < 4.78 is 5.40. The van der Waals surface area contributed by atoms with E-state index in [0.717, 1.165) is 5.56 Å². The average Bonchev–Trinajstić information content (AvgIpc) is 2.38. The number of carbonyl (C=O) groups is 1. The summed E-state index contributed by atoms with van der Waals surface area (Å²) in [6, 6.07) is 14.5. The number of ether oxygens (including phenoxy) is 1. The van der Waals surface area contributed by atoms with Crippen LogP contribution in [-0.2, 0) is 0 Å². The number of hydrogen-bond acceptors (Lipinski definition) is 2. The molecular formula is C15H13ClO2. The predicted molar refractivity (Wildman–Crippen MR) is 72.5 cm³/mol. The second kappa shape index (κ2) is 5.69. The van der Waals surface area contributed by atoms with Crippen molar-refractivity contribution in [2.24, 2.45) is 0 Å². The van der Waals surface area contributed by atoms with Crippen LogP contribution in [0.5, 0.6) is 5.75 Å². The standard InChI is InChI=1S/C15H13ClO2/c1-11-6-8-12(9-7-11)14(17)10-18-15-5-3-2-4-13(15)16/h2-9H,10H2,1H3. The van der Waals surface area contributed by atoms with Crippen molar-refractivity contribution in [3.63, 3.8) is 0 Å². The highest BCUT2D eigenvalue weighted by Crippen LogP contribution is 2.23. The van der Waals surface area contributed by atoms with E-state index in [2.05, 4.69) is 0 Å². The first-order valence-electron chi connectivity index (χ1n) is 5.64. The Morgan fingerprint density at radius 1 is 1.11 bits per heavy atom. The largest absolute Gasteiger partial charge is 0.484 e. The van der Waals surface area contributed by atoms with Crippen molar-refractivity contribution in [2.75, 3.05) is 6.61 Å². The van der Waals surface area contributed by atoms with E-state index in [0.29, 0.717) is 16.3 Å². The van der Waals surface area contributed by atoms with Crippen LogP contribution in [0.4, 0.5) is 0 Å². The predicted octanol–water partition coefficient (Wildman–Crippen LogP) is 3.91. The van der Waals surface area contributed by atoms with Crippen molar-refractivity contribution in [2.45, 2.75) is 6.92 Å². The van der Waals surface area contributed by atoms with Gasteiger partial charge in [-0.1, -0.05) is 53.6 Å². The third-order valence-corrected chi connectivity index (χ3v) is 2.88. The van der Waals surface area contributed by atoms with Gasteiger partial charge in [-0.3, -0.25) is 4.79 Å². The number of Topliss-reactive ketones (excluding diaryl/α,β-unsaturated/α-hetero) is 1. The normalized spacial score (nSPS) is 10.1. The van der Waals surface area contributed by atoms with Crippen LogP contribution < -0.4 is 4.74 Å². The number of para-hydroxylation sites is 1. The second-order valence-electron chi connectivity index (χ2n) is 4.01. The lowest BCUT2D eigenvalue weighted by atomic mass is 10.1. The van der Waals surface area contributed by atoms with Gasteiger partial charge in [-0.2, -0.15) is 0 Å². The van der Waals surface area contributed by atoms with Gasteiger partial charge >= 0.3 is 0 Å². The zero-order valence-corrected chi connectivity index (χ0v) is 10.8. The molecule has 0 radical (unpaired) electrons. The number of hydrogen-bond donors (Lipinski definition) is 0. The molecule has 0 atom stereocenters. The van der Waals surface area contributed by atoms with Crippen LogP contribution in [0.25, 0.3) is 0 Å². The van der Waals surface area contributed by atoms with E-state index >= 15 is 0 Å². The molecule has 0 aliphatic carbocycles. The minimum absolute atomic E-state index is 0.00715. The fraction of sp³-hybridized carbons (Fsp3) is 0.133. The maximum Gasteiger partial charge on any atom is 0.200 e. The molecule has 92 valence electrons. The van der Waals surface area contributed by atoms with Crippen LogP contribution in [0.1, 0.15) is 15.9 Å². The quantitative estimate of drug-likeness (QED) is 0.779. The van der Waals surface area contributed by atoms with Crippen LogP contribution >= 0.6 is 11.6 Å². The van der Waals surface area contributed by atoms with Gasteiger partial charge in [-0.25, -0.2) is 0 Å². The fourth-order valence-corrected chi connectivity index (χ4v) is 1.72. The highest BCUT2D eigenvalue weighted by Gasteiger charge is 2.07. The summed E-state index contributed by atoms with van der Waals surface area (Å²) in [5, 5.41) is 0.509. The Labute approximate surface area is 111 Å². The SMILES string of the molecule is Cc1ccc(C(=O)COc2ccccc2Cl)cc1. The molecule has 0 N–H and O–H groups in total. The molecule has 0 unspecified atom stereocenters. The molecule has 0 heterocycles. The highest BCUT2D eigenvalue weighted by atomic mass is 35.5. The highest BCUT2D eigenvalue weighted by molar-refractivity contribution is 6.32. The molecule has 0 aliphatic heterocycles. The molecule has 0 aliphatic rings. The van der Waals surface area contributed by atoms with Crippen molar-refractivity contribution in [3.8, 4) is 5.75 Å². The first kappa shape index (κ1) is 12.7. The molecule has 0 bridgehead atoms. The topological polar surface area (TPSA) is 26.3 Å². The lowest BCUT2D eigenvalue weighted by molar-refractivity contribution is 0.0921. The third kappa shape index (κ3) is 3.11. The number of halogens is 1. The van der Waals surface area contributed by atoms with Gasteiger partial charge in [0.05, 0.1) is 5.02 Å². The van der Waals surface area contributed by atoms with Crippen molar-refractivity contribution in [3.05, 3.63) is 64.7 Å². The summed E-state index contributed by atoms with van der Waals surface area (Å²) in [5.41, 5.74) is 1.77. The van der Waals surface area contributed by atoms with Crippen LogP contribution in [0, 0.1) is 6.92 Å². The van der Waals surface area contributed by atoms with Crippen LogP contribution in [0.3, 0.4) is 0 Å². The molecule has 2 rings (SSSR count). The minimum Gasteiger partial charge on any atom is -0.484 e. The summed E-state index contributed by atoms with van der Waals surface area (Å²) in [7, 11) is 0. The molecule has 0 spiro atoms. The number of aryl methyl sites for hydroxylation is 1. The Morgan fingerprint density at radius 2 is 1.78 bits per heavy atom. The Morgan fingerprint density at radius 3 is 2.44 bits per heavy atom. The van der Waals surface area contributed by atoms with E-state index in [1.54, 1.807) is 24.3 Å². The first-order chi connectivity index (χ1) is 8.66. The van der Waals surface area contributed by atoms with Crippen LogP contribution in [-0.4, -0.2) is 12.4 Å². The number of ketones is 1. The van der Waals surface area contributed by atoms with Gasteiger partial charge in [-0.05, 0) is 19.1 Å². The zero-order valence-electron chi connectivity index (χ0n) is 10.0. The molecule has 2 aromatic rings. The van der Waals surface area contributed by atoms with Crippen molar-refractivity contribution in [1.82, 2.24) is 0 Å². The Kier molecular flexibility index (Phi) is 4.00. The average molecular weight is 261 g/mol. The number of rotatable bonds is 4. The van der Waals surface area contributed by atoms with E-state index < -0.39 is 0 Å².